The van der Waals surface area contributed by atoms with Gasteiger partial charge in [0.2, 0.25) is 11.0 Å². The minimum absolute atomic E-state index is 0.0223. The Hall–Kier alpha value is -3.53. The lowest BCUT2D eigenvalue weighted by molar-refractivity contribution is -0.116. The van der Waals surface area contributed by atoms with Crippen LogP contribution >= 0.6 is 34.4 Å². The summed E-state index contributed by atoms with van der Waals surface area (Å²) in [4.78, 5) is 31.2. The number of carbonyl (C=O) groups excluding carboxylic acids is 2. The number of nitrogens with zero attached hydrogens (tertiary/aromatic N) is 5. The molecule has 9 nitrogen and oxygen atoms in total. The monoisotopic (exact) mass is 549 g/mol. The van der Waals surface area contributed by atoms with Gasteiger partial charge in [0.05, 0.1) is 23.3 Å². The van der Waals surface area contributed by atoms with E-state index < -0.39 is 5.92 Å². The number of thioether (sulfide) groups is 1. The standard InChI is InChI=1S/C25H23N7O2S3/c1-2-14-6-8-15(9-7-14)20-16(12-26)22(27)32(17-4-3-5-18(33)21(17)20)24-30-31-25(37-24)36-13-19(34)29-23-28-10-11-35-23/h6-11,20H,2-5,13,27H2,1H3,(H,28,29,34). The number of nitrogens with two attached hydrogens (primary N) is 1. The topological polar surface area (TPSA) is 138 Å². The Morgan fingerprint density at radius 1 is 1.30 bits per heavy atom. The van der Waals surface area contributed by atoms with Crippen LogP contribution in [0.15, 0.2) is 62.8 Å². The van der Waals surface area contributed by atoms with Gasteiger partial charge in [0, 0.05) is 29.3 Å². The Labute approximate surface area is 226 Å². The normalized spacial score (nSPS) is 17.6. The highest BCUT2D eigenvalue weighted by Gasteiger charge is 2.41. The van der Waals surface area contributed by atoms with Crippen LogP contribution in [-0.4, -0.2) is 32.6 Å². The molecule has 2 aromatic heterocycles. The number of nitriles is 1. The maximum Gasteiger partial charge on any atom is 0.236 e. The number of carbonyl (C=O) groups is 2. The number of hydrogen-bond acceptors (Lipinski definition) is 11. The number of aryl methyl sites for hydroxylation is 1. The number of amides is 1. The summed E-state index contributed by atoms with van der Waals surface area (Å²) in [6, 6.07) is 10.3. The first-order chi connectivity index (χ1) is 18.0. The molecule has 3 N–H and O–H groups in total. The van der Waals surface area contributed by atoms with Gasteiger partial charge in [0.15, 0.2) is 15.3 Å². The van der Waals surface area contributed by atoms with Gasteiger partial charge in [-0.3, -0.25) is 14.5 Å². The number of hydrogen-bond donors (Lipinski definition) is 2. The Morgan fingerprint density at radius 2 is 2.11 bits per heavy atom. The molecule has 1 aliphatic carbocycles. The fourth-order valence-corrected chi connectivity index (χ4v) is 6.73. The Morgan fingerprint density at radius 3 is 2.81 bits per heavy atom. The second-order valence-corrected chi connectivity index (χ2v) is 11.5. The fourth-order valence-electron chi connectivity index (χ4n) is 4.50. The van der Waals surface area contributed by atoms with Crippen LogP contribution in [0.1, 0.15) is 43.2 Å². The zero-order valence-corrected chi connectivity index (χ0v) is 22.4. The summed E-state index contributed by atoms with van der Waals surface area (Å²) < 4.78 is 0.581. The Bertz CT molecular complexity index is 1440. The molecular formula is C25H23N7O2S3. The number of rotatable bonds is 7. The number of nitrogens with one attached hydrogen (secondary N) is 1. The van der Waals surface area contributed by atoms with Gasteiger partial charge in [-0.1, -0.05) is 54.3 Å². The molecule has 3 heterocycles. The first-order valence-electron chi connectivity index (χ1n) is 11.7. The highest BCUT2D eigenvalue weighted by molar-refractivity contribution is 8.01. The van der Waals surface area contributed by atoms with Crippen molar-refractivity contribution < 1.29 is 9.59 Å². The number of aromatic nitrogens is 3. The number of benzene rings is 1. The van der Waals surface area contributed by atoms with E-state index in [1.165, 1.54) is 40.0 Å². The fraction of sp³-hybridized carbons (Fsp3) is 0.280. The predicted octanol–water partition coefficient (Wildman–Crippen LogP) is 4.59. The lowest BCUT2D eigenvalue weighted by atomic mass is 9.75. The van der Waals surface area contributed by atoms with Crippen LogP contribution < -0.4 is 16.0 Å². The third-order valence-electron chi connectivity index (χ3n) is 6.23. The van der Waals surface area contributed by atoms with Gasteiger partial charge in [-0.05, 0) is 30.4 Å². The molecule has 1 aromatic carbocycles. The second-order valence-electron chi connectivity index (χ2n) is 8.44. The molecule has 0 radical (unpaired) electrons. The maximum atomic E-state index is 13.3. The number of Topliss-reactive ketones (excluding diaryl/α,β-unsaturated/α-hetero) is 1. The van der Waals surface area contributed by atoms with Crippen LogP contribution in [0.25, 0.3) is 0 Å². The smallest absolute Gasteiger partial charge is 0.236 e. The van der Waals surface area contributed by atoms with E-state index in [1.54, 1.807) is 16.5 Å². The number of ketones is 1. The van der Waals surface area contributed by atoms with Crippen LogP contribution in [0.5, 0.6) is 0 Å². The molecule has 5 rings (SSSR count). The van der Waals surface area contributed by atoms with Crippen molar-refractivity contribution in [3.63, 3.8) is 0 Å². The summed E-state index contributed by atoms with van der Waals surface area (Å²) >= 11 is 3.87. The van der Waals surface area contributed by atoms with Crippen molar-refractivity contribution in [2.75, 3.05) is 16.0 Å². The molecule has 1 atom stereocenters. The second kappa shape index (κ2) is 10.8. The summed E-state index contributed by atoms with van der Waals surface area (Å²) in [6.45, 7) is 2.08. The first-order valence-corrected chi connectivity index (χ1v) is 14.4. The summed E-state index contributed by atoms with van der Waals surface area (Å²) in [5.74, 6) is -0.277. The molecule has 37 heavy (non-hydrogen) atoms. The van der Waals surface area contributed by atoms with Crippen molar-refractivity contribution >= 4 is 56.4 Å². The van der Waals surface area contributed by atoms with Crippen molar-refractivity contribution in [2.45, 2.75) is 42.9 Å². The molecule has 0 fully saturated rings. The van der Waals surface area contributed by atoms with E-state index in [2.05, 4.69) is 33.5 Å². The average molecular weight is 550 g/mol. The lowest BCUT2D eigenvalue weighted by Crippen LogP contribution is -2.38. The maximum absolute atomic E-state index is 13.3. The molecule has 1 unspecified atom stereocenters. The summed E-state index contributed by atoms with van der Waals surface area (Å²) in [5.41, 5.74) is 10.4. The Kier molecular flexibility index (Phi) is 7.36. The molecule has 0 saturated carbocycles. The van der Waals surface area contributed by atoms with E-state index in [-0.39, 0.29) is 23.3 Å². The van der Waals surface area contributed by atoms with Crippen molar-refractivity contribution in [1.82, 2.24) is 15.2 Å². The highest BCUT2D eigenvalue weighted by Crippen LogP contribution is 2.47. The minimum atomic E-state index is -0.508. The van der Waals surface area contributed by atoms with Crippen LogP contribution in [0.4, 0.5) is 10.3 Å². The molecule has 0 saturated heterocycles. The van der Waals surface area contributed by atoms with E-state index in [0.29, 0.717) is 45.0 Å². The van der Waals surface area contributed by atoms with E-state index in [0.717, 1.165) is 17.7 Å². The lowest BCUT2D eigenvalue weighted by Gasteiger charge is -2.38. The minimum Gasteiger partial charge on any atom is -0.384 e. The van der Waals surface area contributed by atoms with E-state index in [1.807, 2.05) is 24.3 Å². The molecule has 2 aliphatic rings. The number of anilines is 2. The molecule has 1 amide bonds. The molecular weight excluding hydrogens is 527 g/mol. The highest BCUT2D eigenvalue weighted by atomic mass is 32.2. The van der Waals surface area contributed by atoms with Crippen molar-refractivity contribution in [3.8, 4) is 6.07 Å². The molecule has 0 bridgehead atoms. The molecule has 0 spiro atoms. The van der Waals surface area contributed by atoms with Crippen LogP contribution in [0.3, 0.4) is 0 Å². The first kappa shape index (κ1) is 25.1. The number of thiazole rings is 1. The van der Waals surface area contributed by atoms with Crippen LogP contribution in [0.2, 0.25) is 0 Å². The van der Waals surface area contributed by atoms with Crippen LogP contribution in [0, 0.1) is 11.3 Å². The van der Waals surface area contributed by atoms with Gasteiger partial charge in [-0.2, -0.15) is 5.26 Å². The van der Waals surface area contributed by atoms with Gasteiger partial charge in [0.1, 0.15) is 5.82 Å². The van der Waals surface area contributed by atoms with E-state index in [4.69, 9.17) is 5.73 Å². The molecule has 12 heteroatoms. The summed E-state index contributed by atoms with van der Waals surface area (Å²) in [6.07, 6.45) is 4.30. The van der Waals surface area contributed by atoms with Crippen molar-refractivity contribution in [2.24, 2.45) is 5.73 Å². The van der Waals surface area contributed by atoms with Gasteiger partial charge in [0.25, 0.3) is 0 Å². The van der Waals surface area contributed by atoms with Crippen molar-refractivity contribution in [3.05, 3.63) is 69.6 Å². The molecule has 3 aromatic rings. The third-order valence-corrected chi connectivity index (χ3v) is 8.96. The van der Waals surface area contributed by atoms with E-state index in [9.17, 15) is 14.9 Å². The number of allylic oxidation sites excluding steroid dienone is 3. The Balaban J connectivity index is 1.45. The van der Waals surface area contributed by atoms with Crippen molar-refractivity contribution in [1.29, 1.82) is 5.26 Å². The summed E-state index contributed by atoms with van der Waals surface area (Å²) in [5, 5.41) is 24.2. The molecule has 1 aliphatic heterocycles. The van der Waals surface area contributed by atoms with Crippen LogP contribution in [-0.2, 0) is 16.0 Å². The van der Waals surface area contributed by atoms with Gasteiger partial charge >= 0.3 is 0 Å². The molecule has 188 valence electrons. The van der Waals surface area contributed by atoms with Gasteiger partial charge in [-0.15, -0.1) is 21.5 Å². The SMILES string of the molecule is CCc1ccc(C2C(C#N)=C(N)N(c3nnc(SCC(=O)Nc4nccs4)s3)C3=C2C(=O)CCC3)cc1. The predicted molar refractivity (Wildman–Crippen MR) is 145 cm³/mol. The zero-order chi connectivity index (χ0) is 25.9. The zero-order valence-electron chi connectivity index (χ0n) is 19.9. The average Bonchev–Trinajstić information content (AvgIpc) is 3.59. The van der Waals surface area contributed by atoms with E-state index >= 15 is 0 Å². The largest absolute Gasteiger partial charge is 0.384 e. The van der Waals surface area contributed by atoms with Gasteiger partial charge in [-0.25, -0.2) is 4.98 Å². The summed E-state index contributed by atoms with van der Waals surface area (Å²) in [7, 11) is 0. The van der Waals surface area contributed by atoms with Gasteiger partial charge < -0.3 is 11.1 Å². The third kappa shape index (κ3) is 5.02. The quantitative estimate of drug-likeness (QED) is 0.405.